The Hall–Kier alpha value is -3.98. The smallest absolute Gasteiger partial charge is 0.205 e. The van der Waals surface area contributed by atoms with Gasteiger partial charge in [0.25, 0.3) is 0 Å². The van der Waals surface area contributed by atoms with Gasteiger partial charge in [0.1, 0.15) is 21.9 Å². The molecule has 2 aliphatic rings. The summed E-state index contributed by atoms with van der Waals surface area (Å²) in [5, 5.41) is 18.7. The number of nitriles is 2. The van der Waals surface area contributed by atoms with Crippen LogP contribution in [0.25, 0.3) is 21.8 Å². The highest BCUT2D eigenvalue weighted by Gasteiger charge is 2.12. The van der Waals surface area contributed by atoms with Crippen molar-refractivity contribution >= 4 is 44.5 Å². The molecule has 0 amide bonds. The van der Waals surface area contributed by atoms with Crippen molar-refractivity contribution in [3.05, 3.63) is 100 Å². The van der Waals surface area contributed by atoms with Crippen molar-refractivity contribution in [3.63, 3.8) is 0 Å². The van der Waals surface area contributed by atoms with Crippen LogP contribution in [-0.4, -0.2) is 9.97 Å². The molecule has 2 heterocycles. The van der Waals surface area contributed by atoms with Gasteiger partial charge in [-0.3, -0.25) is 19.6 Å². The first-order chi connectivity index (χ1) is 14.6. The van der Waals surface area contributed by atoms with Crippen LogP contribution in [-0.2, 0) is 0 Å². The van der Waals surface area contributed by atoms with Gasteiger partial charge in [-0.05, 0) is 12.1 Å². The normalized spacial score (nSPS) is 10.2. The zero-order valence-electron chi connectivity index (χ0n) is 15.2. The summed E-state index contributed by atoms with van der Waals surface area (Å²) in [4.78, 5) is 33.4. The van der Waals surface area contributed by atoms with Gasteiger partial charge in [-0.25, -0.2) is 0 Å². The molecule has 0 radical (unpaired) electrons. The van der Waals surface area contributed by atoms with Crippen LogP contribution in [0.15, 0.2) is 70.5 Å². The monoisotopic (exact) mass is 426 g/mol. The SMILES string of the molecule is N#Cc1sc2c(=O)c3ccccc3c(=O)c=2sc1C#N.c1ccc2nccnc2c1. The first kappa shape index (κ1) is 19.3. The lowest BCUT2D eigenvalue weighted by Gasteiger charge is -1.98. The number of fused-ring (bicyclic) bond motifs is 2. The summed E-state index contributed by atoms with van der Waals surface area (Å²) in [6.45, 7) is 0. The number of nitrogens with zero attached hydrogens (tertiary/aromatic N) is 4. The van der Waals surface area contributed by atoms with Crippen LogP contribution >= 0.6 is 22.7 Å². The summed E-state index contributed by atoms with van der Waals surface area (Å²) < 4.78 is 0.489. The lowest BCUT2D eigenvalue weighted by Crippen LogP contribution is -2.13. The molecule has 30 heavy (non-hydrogen) atoms. The molecule has 6 nitrogen and oxygen atoms in total. The molecule has 0 bridgehead atoms. The van der Waals surface area contributed by atoms with Gasteiger partial charge >= 0.3 is 0 Å². The van der Waals surface area contributed by atoms with E-state index < -0.39 is 0 Å². The van der Waals surface area contributed by atoms with Crippen LogP contribution in [0, 0.1) is 31.7 Å². The number of aromatic nitrogens is 2. The standard InChI is InChI=1S/C14H4N2O2S2.C8H6N2/c15-5-9-10(6-16)20-14-12(18)8-4-2-1-3-7(8)11(17)13(14)19-9;1-2-4-8-7(3-1)9-5-6-10-8/h1-4H;1-6H. The second-order valence-electron chi connectivity index (χ2n) is 5.99. The van der Waals surface area contributed by atoms with E-state index in [0.717, 1.165) is 33.7 Å². The number of hydrogen-bond donors (Lipinski definition) is 0. The van der Waals surface area contributed by atoms with Gasteiger partial charge in [-0.2, -0.15) is 10.5 Å². The van der Waals surface area contributed by atoms with E-state index in [1.807, 2.05) is 36.4 Å². The van der Waals surface area contributed by atoms with Crippen molar-refractivity contribution in [1.29, 1.82) is 10.5 Å². The molecule has 8 heteroatoms. The molecule has 0 atom stereocenters. The lowest BCUT2D eigenvalue weighted by atomic mass is 10.1. The van der Waals surface area contributed by atoms with E-state index in [1.165, 1.54) is 0 Å². The Balaban J connectivity index is 0.000000181. The third-order valence-corrected chi connectivity index (χ3v) is 6.67. The third kappa shape index (κ3) is 3.42. The van der Waals surface area contributed by atoms with Gasteiger partial charge in [0.2, 0.25) is 10.9 Å². The second-order valence-corrected chi connectivity index (χ2v) is 8.03. The van der Waals surface area contributed by atoms with E-state index in [2.05, 4.69) is 9.97 Å². The summed E-state index contributed by atoms with van der Waals surface area (Å²) >= 11 is 1.82. The molecule has 3 aromatic rings. The van der Waals surface area contributed by atoms with E-state index in [9.17, 15) is 9.59 Å². The van der Waals surface area contributed by atoms with E-state index in [1.54, 1.807) is 36.7 Å². The summed E-state index contributed by atoms with van der Waals surface area (Å²) in [5.74, 6) is 0. The minimum Gasteiger partial charge on any atom is -0.288 e. The van der Waals surface area contributed by atoms with Gasteiger partial charge in [0, 0.05) is 23.2 Å². The van der Waals surface area contributed by atoms with Crippen LogP contribution in [0.3, 0.4) is 0 Å². The van der Waals surface area contributed by atoms with Crippen molar-refractivity contribution < 1.29 is 0 Å². The minimum absolute atomic E-state index is 0.164. The number of rotatable bonds is 0. The van der Waals surface area contributed by atoms with Crippen molar-refractivity contribution in [1.82, 2.24) is 9.97 Å². The summed E-state index contributed by atoms with van der Waals surface area (Å²) in [5.41, 5.74) is 1.37. The molecule has 0 saturated carbocycles. The Kier molecular flexibility index (Phi) is 5.27. The molecule has 1 aromatic heterocycles. The highest BCUT2D eigenvalue weighted by atomic mass is 32.1. The van der Waals surface area contributed by atoms with Crippen molar-refractivity contribution in [3.8, 4) is 12.1 Å². The molecule has 1 aliphatic carbocycles. The average Bonchev–Trinajstić information content (AvgIpc) is 2.82. The van der Waals surface area contributed by atoms with Crippen molar-refractivity contribution in [2.75, 3.05) is 0 Å². The molecule has 1 aliphatic heterocycles. The van der Waals surface area contributed by atoms with Crippen LogP contribution in [0.5, 0.6) is 0 Å². The maximum Gasteiger partial charge on any atom is 0.205 e. The molecule has 142 valence electrons. The third-order valence-electron chi connectivity index (χ3n) is 4.23. The fraction of sp³-hybridized carbons (Fsp3) is 0. The Labute approximate surface area is 177 Å². The molecule has 0 fully saturated rings. The predicted molar refractivity (Wildman–Crippen MR) is 117 cm³/mol. The first-order valence-electron chi connectivity index (χ1n) is 8.62. The first-order valence-corrected chi connectivity index (χ1v) is 10.3. The molecule has 0 saturated heterocycles. The van der Waals surface area contributed by atoms with Crippen molar-refractivity contribution in [2.24, 2.45) is 0 Å². The maximum atomic E-state index is 12.4. The highest BCUT2D eigenvalue weighted by molar-refractivity contribution is 7.18. The molecule has 0 spiro atoms. The van der Waals surface area contributed by atoms with E-state index in [-0.39, 0.29) is 29.7 Å². The van der Waals surface area contributed by atoms with E-state index >= 15 is 0 Å². The van der Waals surface area contributed by atoms with Gasteiger partial charge in [-0.1, -0.05) is 36.4 Å². The van der Waals surface area contributed by atoms with E-state index in [0.29, 0.717) is 10.8 Å². The van der Waals surface area contributed by atoms with Gasteiger partial charge < -0.3 is 0 Å². The lowest BCUT2D eigenvalue weighted by molar-refractivity contribution is 1.29. The largest absolute Gasteiger partial charge is 0.288 e. The summed E-state index contributed by atoms with van der Waals surface area (Å²) in [6, 6.07) is 18.2. The molecular weight excluding hydrogens is 416 g/mol. The Morgan fingerprint density at radius 1 is 0.667 bits per heavy atom. The van der Waals surface area contributed by atoms with Gasteiger partial charge in [0.05, 0.1) is 20.1 Å². The Bertz CT molecular complexity index is 1520. The average molecular weight is 426 g/mol. The highest BCUT2D eigenvalue weighted by Crippen LogP contribution is 2.20. The van der Waals surface area contributed by atoms with E-state index in [4.69, 9.17) is 10.5 Å². The van der Waals surface area contributed by atoms with Crippen LogP contribution in [0.4, 0.5) is 0 Å². The molecule has 0 unspecified atom stereocenters. The fourth-order valence-electron chi connectivity index (χ4n) is 2.87. The second kappa shape index (κ2) is 8.18. The van der Waals surface area contributed by atoms with Crippen LogP contribution < -0.4 is 10.9 Å². The minimum atomic E-state index is -0.266. The van der Waals surface area contributed by atoms with Gasteiger partial charge in [-0.15, -0.1) is 22.7 Å². The molecule has 2 aromatic carbocycles. The Morgan fingerprint density at radius 3 is 1.47 bits per heavy atom. The summed E-state index contributed by atoms with van der Waals surface area (Å²) in [7, 11) is 0. The number of hydrogen-bond acceptors (Lipinski definition) is 8. The Morgan fingerprint density at radius 2 is 1.07 bits per heavy atom. The van der Waals surface area contributed by atoms with Crippen LogP contribution in [0.2, 0.25) is 0 Å². The van der Waals surface area contributed by atoms with Crippen LogP contribution in [0.1, 0.15) is 9.75 Å². The van der Waals surface area contributed by atoms with Crippen molar-refractivity contribution in [2.45, 2.75) is 0 Å². The zero-order valence-corrected chi connectivity index (χ0v) is 16.8. The van der Waals surface area contributed by atoms with Gasteiger partial charge in [0.15, 0.2) is 0 Å². The predicted octanol–water partition coefficient (Wildman–Crippen LogP) is 3.78. The summed E-state index contributed by atoms with van der Waals surface area (Å²) in [6.07, 6.45) is 3.39. The molecule has 0 N–H and O–H groups in total. The fourth-order valence-corrected chi connectivity index (χ4v) is 4.92. The molecular formula is C22H10N4O2S2. The number of para-hydroxylation sites is 2. The topological polar surface area (TPSA) is 108 Å². The zero-order chi connectivity index (χ0) is 21.1. The quantitative estimate of drug-likeness (QED) is 0.373. The molecule has 5 rings (SSSR count). The maximum absolute atomic E-state index is 12.4. The number of benzene rings is 2.